The summed E-state index contributed by atoms with van der Waals surface area (Å²) < 4.78 is 59.4. The number of alkyl halides is 3. The molecule has 1 N–H and O–H groups in total. The molecule has 1 saturated heterocycles. The summed E-state index contributed by atoms with van der Waals surface area (Å²) in [6, 6.07) is 11.1. The molecule has 6 nitrogen and oxygen atoms in total. The third kappa shape index (κ3) is 5.60. The summed E-state index contributed by atoms with van der Waals surface area (Å²) in [4.78, 5) is 26.9. The smallest absolute Gasteiger partial charge is 0.446 e. The first-order valence-electron chi connectivity index (χ1n) is 11.0. The number of alkyl carbamates (subject to hydrolysis) is 1. The minimum Gasteiger partial charge on any atom is -0.446 e. The predicted octanol–water partition coefficient (Wildman–Crippen LogP) is 5.32. The van der Waals surface area contributed by atoms with Gasteiger partial charge in [-0.15, -0.1) is 13.2 Å². The second kappa shape index (κ2) is 9.52. The van der Waals surface area contributed by atoms with Crippen LogP contribution in [0, 0.1) is 11.2 Å². The van der Waals surface area contributed by atoms with E-state index in [0.29, 0.717) is 44.3 Å². The van der Waals surface area contributed by atoms with Crippen LogP contribution in [0.15, 0.2) is 48.5 Å². The fourth-order valence-electron chi connectivity index (χ4n) is 4.59. The van der Waals surface area contributed by atoms with E-state index in [1.807, 2.05) is 0 Å². The maximum atomic E-state index is 13.2. The summed E-state index contributed by atoms with van der Waals surface area (Å²) in [5, 5.41) is 2.64. The van der Waals surface area contributed by atoms with Crippen LogP contribution < -0.4 is 15.0 Å². The van der Waals surface area contributed by atoms with Crippen LogP contribution in [0.25, 0.3) is 0 Å². The molecule has 1 saturated carbocycles. The average Bonchev–Trinajstić information content (AvgIpc) is 3.10. The van der Waals surface area contributed by atoms with Gasteiger partial charge in [-0.25, -0.2) is 9.18 Å². The number of rotatable bonds is 5. The van der Waals surface area contributed by atoms with Crippen molar-refractivity contribution < 1.29 is 36.6 Å². The molecule has 2 aliphatic rings. The van der Waals surface area contributed by atoms with Gasteiger partial charge in [0.25, 0.3) is 0 Å². The fraction of sp³-hybridized carbons (Fsp3) is 0.417. The van der Waals surface area contributed by atoms with Crippen LogP contribution in [0.2, 0.25) is 0 Å². The third-order valence-electron chi connectivity index (χ3n) is 6.41. The quantitative estimate of drug-likeness (QED) is 0.589. The molecule has 0 unspecified atom stereocenters. The lowest BCUT2D eigenvalue weighted by atomic mass is 9.72. The minimum atomic E-state index is -4.77. The average molecular weight is 480 g/mol. The molecule has 0 aromatic heterocycles. The number of amides is 2. The van der Waals surface area contributed by atoms with Gasteiger partial charge in [-0.3, -0.25) is 4.79 Å². The standard InChI is InChI=1S/C24H24F4N2O4/c25-17-3-1-16(2-4-17)15-29-22(32)33-19-9-11-23(12-10-19)13-14-30(21(23)31)18-5-7-20(8-6-18)34-24(26,27)28/h1-8,19H,9-15H2,(H,29,32)/t19-,23+. The van der Waals surface area contributed by atoms with Crippen molar-refractivity contribution in [3.8, 4) is 5.75 Å². The maximum absolute atomic E-state index is 13.2. The molecule has 1 spiro atoms. The van der Waals surface area contributed by atoms with Crippen molar-refractivity contribution >= 4 is 17.7 Å². The summed E-state index contributed by atoms with van der Waals surface area (Å²) in [6.45, 7) is 0.692. The van der Waals surface area contributed by atoms with Gasteiger partial charge < -0.3 is 19.7 Å². The molecule has 1 aliphatic carbocycles. The van der Waals surface area contributed by atoms with Gasteiger partial charge in [-0.1, -0.05) is 12.1 Å². The Balaban J connectivity index is 1.27. The van der Waals surface area contributed by atoms with Crippen molar-refractivity contribution in [2.75, 3.05) is 11.4 Å². The van der Waals surface area contributed by atoms with Crippen molar-refractivity contribution in [1.82, 2.24) is 5.32 Å². The molecule has 2 aromatic carbocycles. The van der Waals surface area contributed by atoms with Gasteiger partial charge >= 0.3 is 12.5 Å². The molecule has 10 heteroatoms. The third-order valence-corrected chi connectivity index (χ3v) is 6.41. The largest absolute Gasteiger partial charge is 0.573 e. The molecule has 182 valence electrons. The van der Waals surface area contributed by atoms with Gasteiger partial charge in [0.2, 0.25) is 5.91 Å². The predicted molar refractivity (Wildman–Crippen MR) is 115 cm³/mol. The molecule has 2 fully saturated rings. The van der Waals surface area contributed by atoms with E-state index in [-0.39, 0.29) is 30.1 Å². The number of hydrogen-bond acceptors (Lipinski definition) is 4. The number of hydrogen-bond donors (Lipinski definition) is 1. The van der Waals surface area contributed by atoms with E-state index < -0.39 is 17.9 Å². The molecule has 2 amide bonds. The Bertz CT molecular complexity index is 1020. The first kappa shape index (κ1) is 23.8. The molecule has 2 aromatic rings. The van der Waals surface area contributed by atoms with Gasteiger partial charge in [0.05, 0.1) is 5.41 Å². The molecular weight excluding hydrogens is 456 g/mol. The molecule has 1 heterocycles. The maximum Gasteiger partial charge on any atom is 0.573 e. The van der Waals surface area contributed by atoms with E-state index in [9.17, 15) is 27.2 Å². The Morgan fingerprint density at radius 2 is 1.68 bits per heavy atom. The SMILES string of the molecule is O=C(NCc1ccc(F)cc1)O[C@H]1CC[C@]2(CCN(c3ccc(OC(F)(F)F)cc3)C2=O)CC1. The van der Waals surface area contributed by atoms with Crippen molar-refractivity contribution in [2.45, 2.75) is 51.1 Å². The monoisotopic (exact) mass is 480 g/mol. The minimum absolute atomic E-state index is 0.0591. The van der Waals surface area contributed by atoms with Gasteiger partial charge in [-0.2, -0.15) is 0 Å². The van der Waals surface area contributed by atoms with Crippen molar-refractivity contribution in [3.63, 3.8) is 0 Å². The number of nitrogens with zero attached hydrogens (tertiary/aromatic N) is 1. The second-order valence-electron chi connectivity index (χ2n) is 8.61. The molecule has 1 aliphatic heterocycles. The second-order valence-corrected chi connectivity index (χ2v) is 8.61. The molecule has 0 bridgehead atoms. The molecule has 4 rings (SSSR count). The number of carbonyl (C=O) groups is 2. The molecular formula is C24H24F4N2O4. The lowest BCUT2D eigenvalue weighted by molar-refractivity contribution is -0.274. The summed E-state index contributed by atoms with van der Waals surface area (Å²) >= 11 is 0. The number of anilines is 1. The summed E-state index contributed by atoms with van der Waals surface area (Å²) in [5.41, 5.74) is 0.719. The first-order chi connectivity index (χ1) is 16.1. The molecule has 0 atom stereocenters. The van der Waals surface area contributed by atoms with Crippen LogP contribution in [0.1, 0.15) is 37.7 Å². The zero-order chi connectivity index (χ0) is 24.3. The first-order valence-corrected chi connectivity index (χ1v) is 11.0. The number of ether oxygens (including phenoxy) is 2. The van der Waals surface area contributed by atoms with Crippen LogP contribution >= 0.6 is 0 Å². The van der Waals surface area contributed by atoms with Gasteiger partial charge in [0.1, 0.15) is 17.7 Å². The summed E-state index contributed by atoms with van der Waals surface area (Å²) in [5.74, 6) is -0.751. The van der Waals surface area contributed by atoms with Crippen molar-refractivity contribution in [3.05, 3.63) is 59.9 Å². The topological polar surface area (TPSA) is 67.9 Å². The highest BCUT2D eigenvalue weighted by molar-refractivity contribution is 6.00. The zero-order valence-electron chi connectivity index (χ0n) is 18.2. The van der Waals surface area contributed by atoms with Crippen LogP contribution in [-0.2, 0) is 16.1 Å². The Labute approximate surface area is 193 Å². The fourth-order valence-corrected chi connectivity index (χ4v) is 4.59. The Morgan fingerprint density at radius 1 is 1.03 bits per heavy atom. The van der Waals surface area contributed by atoms with Gasteiger partial charge in [-0.05, 0) is 74.1 Å². The number of nitrogens with one attached hydrogen (secondary N) is 1. The van der Waals surface area contributed by atoms with E-state index in [4.69, 9.17) is 4.74 Å². The molecule has 0 radical (unpaired) electrons. The number of halogens is 4. The highest BCUT2D eigenvalue weighted by Gasteiger charge is 2.49. The Hall–Kier alpha value is -3.30. The van der Waals surface area contributed by atoms with Crippen LogP contribution in [0.5, 0.6) is 5.75 Å². The van der Waals surface area contributed by atoms with Gasteiger partial charge in [0, 0.05) is 18.8 Å². The van der Waals surface area contributed by atoms with Crippen LogP contribution in [-0.4, -0.2) is 31.0 Å². The van der Waals surface area contributed by atoms with Crippen molar-refractivity contribution in [2.24, 2.45) is 5.41 Å². The van der Waals surface area contributed by atoms with E-state index in [1.54, 1.807) is 17.0 Å². The zero-order valence-corrected chi connectivity index (χ0v) is 18.2. The normalized spacial score (nSPS) is 22.6. The van der Waals surface area contributed by atoms with Crippen LogP contribution in [0.4, 0.5) is 28.0 Å². The van der Waals surface area contributed by atoms with Crippen molar-refractivity contribution in [1.29, 1.82) is 0 Å². The highest BCUT2D eigenvalue weighted by Crippen LogP contribution is 2.46. The molecule has 34 heavy (non-hydrogen) atoms. The highest BCUT2D eigenvalue weighted by atomic mass is 19.4. The lowest BCUT2D eigenvalue weighted by Gasteiger charge is -2.35. The van der Waals surface area contributed by atoms with E-state index in [0.717, 1.165) is 5.56 Å². The van der Waals surface area contributed by atoms with Gasteiger partial charge in [0.15, 0.2) is 0 Å². The summed E-state index contributed by atoms with van der Waals surface area (Å²) in [6.07, 6.45) is -2.79. The Kier molecular flexibility index (Phi) is 6.67. The van der Waals surface area contributed by atoms with Crippen LogP contribution in [0.3, 0.4) is 0 Å². The number of carbonyl (C=O) groups excluding carboxylic acids is 2. The van der Waals surface area contributed by atoms with E-state index in [2.05, 4.69) is 10.1 Å². The summed E-state index contributed by atoms with van der Waals surface area (Å²) in [7, 11) is 0. The lowest BCUT2D eigenvalue weighted by Crippen LogP contribution is -2.40. The van der Waals surface area contributed by atoms with E-state index >= 15 is 0 Å². The number of benzene rings is 2. The Morgan fingerprint density at radius 3 is 2.29 bits per heavy atom. The van der Waals surface area contributed by atoms with E-state index in [1.165, 1.54) is 36.4 Å².